The minimum atomic E-state index is -0.209. The first kappa shape index (κ1) is 13.2. The molecular weight excluding hydrogens is 238 g/mol. The molecule has 0 saturated heterocycles. The normalized spacial score (nSPS) is 12.2. The Balaban J connectivity index is 2.33. The Morgan fingerprint density at radius 3 is 2.79 bits per heavy atom. The van der Waals surface area contributed by atoms with Crippen LogP contribution in [0.1, 0.15) is 25.6 Å². The van der Waals surface area contributed by atoms with Crippen LogP contribution in [0.5, 0.6) is 5.75 Å². The van der Waals surface area contributed by atoms with E-state index in [0.29, 0.717) is 0 Å². The zero-order chi connectivity index (χ0) is 13.8. The molecule has 19 heavy (non-hydrogen) atoms. The van der Waals surface area contributed by atoms with Crippen LogP contribution in [0.25, 0.3) is 11.3 Å². The Hall–Kier alpha value is -2.28. The SMILES string of the molecule is COc1cccc(-c2cnc(C(C#N)C(C)C)[nH]2)c1. The second-order valence-electron chi connectivity index (χ2n) is 4.76. The van der Waals surface area contributed by atoms with Crippen molar-refractivity contribution in [1.82, 2.24) is 9.97 Å². The molecule has 1 N–H and O–H groups in total. The second kappa shape index (κ2) is 5.57. The van der Waals surface area contributed by atoms with E-state index in [0.717, 1.165) is 22.8 Å². The van der Waals surface area contributed by atoms with Crippen LogP contribution in [0.4, 0.5) is 0 Å². The summed E-state index contributed by atoms with van der Waals surface area (Å²) in [6.07, 6.45) is 1.76. The van der Waals surface area contributed by atoms with Crippen LogP contribution in [-0.4, -0.2) is 17.1 Å². The molecule has 0 fully saturated rings. The van der Waals surface area contributed by atoms with Crippen LogP contribution in [-0.2, 0) is 0 Å². The Morgan fingerprint density at radius 2 is 2.16 bits per heavy atom. The number of rotatable bonds is 4. The van der Waals surface area contributed by atoms with Gasteiger partial charge in [-0.25, -0.2) is 4.98 Å². The van der Waals surface area contributed by atoms with Crippen molar-refractivity contribution in [2.45, 2.75) is 19.8 Å². The van der Waals surface area contributed by atoms with Crippen molar-refractivity contribution in [3.8, 4) is 23.1 Å². The van der Waals surface area contributed by atoms with Gasteiger partial charge in [-0.3, -0.25) is 0 Å². The quantitative estimate of drug-likeness (QED) is 0.911. The van der Waals surface area contributed by atoms with Gasteiger partial charge in [-0.15, -0.1) is 0 Å². The van der Waals surface area contributed by atoms with E-state index >= 15 is 0 Å². The molecule has 1 atom stereocenters. The Kier molecular flexibility index (Phi) is 3.86. The molecule has 2 aromatic rings. The molecule has 98 valence electrons. The number of aromatic amines is 1. The van der Waals surface area contributed by atoms with Gasteiger partial charge in [0.05, 0.1) is 25.1 Å². The lowest BCUT2D eigenvalue weighted by molar-refractivity contribution is 0.415. The fraction of sp³-hybridized carbons (Fsp3) is 0.333. The van der Waals surface area contributed by atoms with Gasteiger partial charge >= 0.3 is 0 Å². The summed E-state index contributed by atoms with van der Waals surface area (Å²) in [6.45, 7) is 4.03. The van der Waals surface area contributed by atoms with Gasteiger partial charge in [0.2, 0.25) is 0 Å². The van der Waals surface area contributed by atoms with Gasteiger partial charge in [0, 0.05) is 5.56 Å². The first-order valence-electron chi connectivity index (χ1n) is 6.24. The fourth-order valence-electron chi connectivity index (χ4n) is 1.96. The van der Waals surface area contributed by atoms with E-state index in [2.05, 4.69) is 16.0 Å². The highest BCUT2D eigenvalue weighted by molar-refractivity contribution is 5.60. The van der Waals surface area contributed by atoms with E-state index in [9.17, 15) is 5.26 Å². The topological polar surface area (TPSA) is 61.7 Å². The zero-order valence-electron chi connectivity index (χ0n) is 11.3. The van der Waals surface area contributed by atoms with Crippen molar-refractivity contribution in [3.63, 3.8) is 0 Å². The Bertz CT molecular complexity index is 595. The average Bonchev–Trinajstić information content (AvgIpc) is 2.89. The summed E-state index contributed by atoms with van der Waals surface area (Å²) in [7, 11) is 1.64. The molecule has 0 amide bonds. The van der Waals surface area contributed by atoms with Crippen molar-refractivity contribution in [1.29, 1.82) is 5.26 Å². The van der Waals surface area contributed by atoms with E-state index in [-0.39, 0.29) is 11.8 Å². The lowest BCUT2D eigenvalue weighted by atomic mass is 9.97. The maximum atomic E-state index is 9.18. The molecule has 2 rings (SSSR count). The number of nitriles is 1. The van der Waals surface area contributed by atoms with Crippen molar-refractivity contribution in [2.75, 3.05) is 7.11 Å². The molecule has 0 spiro atoms. The van der Waals surface area contributed by atoms with Gasteiger partial charge < -0.3 is 9.72 Å². The molecule has 1 unspecified atom stereocenters. The molecule has 1 aromatic carbocycles. The molecule has 0 radical (unpaired) electrons. The summed E-state index contributed by atoms with van der Waals surface area (Å²) in [5.74, 6) is 1.54. The minimum Gasteiger partial charge on any atom is -0.497 e. The highest BCUT2D eigenvalue weighted by Crippen LogP contribution is 2.26. The molecule has 0 aliphatic heterocycles. The van der Waals surface area contributed by atoms with Crippen LogP contribution in [0.2, 0.25) is 0 Å². The summed E-state index contributed by atoms with van der Waals surface area (Å²) >= 11 is 0. The highest BCUT2D eigenvalue weighted by Gasteiger charge is 2.18. The number of hydrogen-bond donors (Lipinski definition) is 1. The summed E-state index contributed by atoms with van der Waals surface area (Å²) in [5, 5.41) is 9.18. The predicted molar refractivity (Wildman–Crippen MR) is 73.8 cm³/mol. The van der Waals surface area contributed by atoms with Crippen molar-refractivity contribution in [2.24, 2.45) is 5.92 Å². The van der Waals surface area contributed by atoms with Gasteiger partial charge in [0.15, 0.2) is 0 Å². The van der Waals surface area contributed by atoms with Gasteiger partial charge in [0.1, 0.15) is 17.5 Å². The number of methoxy groups -OCH3 is 1. The third-order valence-corrected chi connectivity index (χ3v) is 3.08. The number of aromatic nitrogens is 2. The number of nitrogens with zero attached hydrogens (tertiary/aromatic N) is 2. The smallest absolute Gasteiger partial charge is 0.124 e. The molecule has 0 saturated carbocycles. The first-order valence-corrected chi connectivity index (χ1v) is 6.24. The third-order valence-electron chi connectivity index (χ3n) is 3.08. The number of hydrogen-bond acceptors (Lipinski definition) is 3. The van der Waals surface area contributed by atoms with Gasteiger partial charge in [-0.1, -0.05) is 26.0 Å². The predicted octanol–water partition coefficient (Wildman–Crippen LogP) is 3.35. The zero-order valence-corrected chi connectivity index (χ0v) is 11.3. The number of H-pyrrole nitrogens is 1. The highest BCUT2D eigenvalue weighted by atomic mass is 16.5. The van der Waals surface area contributed by atoms with E-state index < -0.39 is 0 Å². The maximum absolute atomic E-state index is 9.18. The maximum Gasteiger partial charge on any atom is 0.124 e. The first-order chi connectivity index (χ1) is 9.15. The van der Waals surface area contributed by atoms with E-state index in [4.69, 9.17) is 4.74 Å². The molecule has 1 heterocycles. The Morgan fingerprint density at radius 1 is 1.37 bits per heavy atom. The number of ether oxygens (including phenoxy) is 1. The summed E-state index contributed by atoms with van der Waals surface area (Å²) < 4.78 is 5.20. The van der Waals surface area contributed by atoms with Crippen LogP contribution in [0, 0.1) is 17.2 Å². The summed E-state index contributed by atoms with van der Waals surface area (Å²) in [5.41, 5.74) is 1.90. The number of imidazole rings is 1. The molecule has 4 heteroatoms. The van der Waals surface area contributed by atoms with Crippen LogP contribution >= 0.6 is 0 Å². The molecule has 0 aliphatic carbocycles. The van der Waals surface area contributed by atoms with E-state index in [1.54, 1.807) is 13.3 Å². The van der Waals surface area contributed by atoms with Crippen LogP contribution in [0.3, 0.4) is 0 Å². The van der Waals surface area contributed by atoms with Gasteiger partial charge in [0.25, 0.3) is 0 Å². The molecule has 1 aromatic heterocycles. The molecule has 0 bridgehead atoms. The number of nitrogens with one attached hydrogen (secondary N) is 1. The molecule has 4 nitrogen and oxygen atoms in total. The third kappa shape index (κ3) is 2.76. The van der Waals surface area contributed by atoms with Crippen molar-refractivity contribution in [3.05, 3.63) is 36.3 Å². The van der Waals surface area contributed by atoms with Gasteiger partial charge in [-0.05, 0) is 18.1 Å². The Labute approximate surface area is 113 Å². The summed E-state index contributed by atoms with van der Waals surface area (Å²) in [4.78, 5) is 7.55. The van der Waals surface area contributed by atoms with Crippen molar-refractivity contribution < 1.29 is 4.74 Å². The van der Waals surface area contributed by atoms with E-state index in [1.807, 2.05) is 38.1 Å². The fourth-order valence-corrected chi connectivity index (χ4v) is 1.96. The van der Waals surface area contributed by atoms with Crippen LogP contribution in [0.15, 0.2) is 30.5 Å². The monoisotopic (exact) mass is 255 g/mol. The minimum absolute atomic E-state index is 0.209. The molecule has 0 aliphatic rings. The summed E-state index contributed by atoms with van der Waals surface area (Å²) in [6, 6.07) is 10.0. The van der Waals surface area contributed by atoms with Crippen molar-refractivity contribution >= 4 is 0 Å². The lowest BCUT2D eigenvalue weighted by Crippen LogP contribution is -2.05. The van der Waals surface area contributed by atoms with Gasteiger partial charge in [-0.2, -0.15) is 5.26 Å². The van der Waals surface area contributed by atoms with Crippen LogP contribution < -0.4 is 4.74 Å². The molecular formula is C15H17N3O. The second-order valence-corrected chi connectivity index (χ2v) is 4.76. The largest absolute Gasteiger partial charge is 0.497 e. The van der Waals surface area contributed by atoms with E-state index in [1.165, 1.54) is 0 Å². The standard InChI is InChI=1S/C15H17N3O/c1-10(2)13(8-16)15-17-9-14(18-15)11-5-4-6-12(7-11)19-3/h4-7,9-10,13H,1-3H3,(H,17,18). The number of benzene rings is 1. The lowest BCUT2D eigenvalue weighted by Gasteiger charge is -2.09. The average molecular weight is 255 g/mol.